The fourth-order valence-electron chi connectivity index (χ4n) is 3.70. The van der Waals surface area contributed by atoms with Crippen LogP contribution in [0.5, 0.6) is 0 Å². The molecule has 2 nitrogen and oxygen atoms in total. The second-order valence-electron chi connectivity index (χ2n) is 7.12. The molecule has 0 aromatic heterocycles. The van der Waals surface area contributed by atoms with Gasteiger partial charge in [-0.2, -0.15) is 0 Å². The van der Waals surface area contributed by atoms with Gasteiger partial charge in [0.2, 0.25) is 0 Å². The SMILES string of the molecule is CNC(c1ccc(C)c(C)c1)C(C)(C)N1CCCCCC1. The fraction of sp³-hybridized carbons (Fsp3) is 0.684. The third kappa shape index (κ3) is 3.67. The number of nitrogens with zero attached hydrogens (tertiary/aromatic N) is 1. The van der Waals surface area contributed by atoms with Gasteiger partial charge in [-0.25, -0.2) is 0 Å². The summed E-state index contributed by atoms with van der Waals surface area (Å²) in [6, 6.07) is 7.28. The van der Waals surface area contributed by atoms with Crippen molar-refractivity contribution in [3.05, 3.63) is 34.9 Å². The molecule has 0 spiro atoms. The Labute approximate surface area is 130 Å². The molecule has 0 radical (unpaired) electrons. The second kappa shape index (κ2) is 6.93. The molecule has 118 valence electrons. The second-order valence-corrected chi connectivity index (χ2v) is 7.12. The lowest BCUT2D eigenvalue weighted by atomic mass is 9.85. The molecule has 1 aromatic rings. The Morgan fingerprint density at radius 2 is 1.62 bits per heavy atom. The first-order chi connectivity index (χ1) is 9.96. The van der Waals surface area contributed by atoms with Gasteiger partial charge in [-0.3, -0.25) is 4.90 Å². The molecule has 1 heterocycles. The van der Waals surface area contributed by atoms with E-state index in [-0.39, 0.29) is 5.54 Å². The number of hydrogen-bond acceptors (Lipinski definition) is 2. The predicted molar refractivity (Wildman–Crippen MR) is 91.8 cm³/mol. The highest BCUT2D eigenvalue weighted by Crippen LogP contribution is 2.33. The molecule has 0 bridgehead atoms. The van der Waals surface area contributed by atoms with Gasteiger partial charge >= 0.3 is 0 Å². The summed E-state index contributed by atoms with van der Waals surface area (Å²) in [7, 11) is 2.10. The van der Waals surface area contributed by atoms with Gasteiger partial charge in [0.25, 0.3) is 0 Å². The zero-order valence-corrected chi connectivity index (χ0v) is 14.5. The number of likely N-dealkylation sites (tertiary alicyclic amines) is 1. The number of likely N-dealkylation sites (N-methyl/N-ethyl adjacent to an activating group) is 1. The van der Waals surface area contributed by atoms with Crippen molar-refractivity contribution in [1.29, 1.82) is 0 Å². The van der Waals surface area contributed by atoms with E-state index >= 15 is 0 Å². The third-order valence-corrected chi connectivity index (χ3v) is 5.28. The summed E-state index contributed by atoms with van der Waals surface area (Å²) in [5.74, 6) is 0. The topological polar surface area (TPSA) is 15.3 Å². The Morgan fingerprint density at radius 1 is 1.00 bits per heavy atom. The third-order valence-electron chi connectivity index (χ3n) is 5.28. The minimum atomic E-state index is 0.140. The lowest BCUT2D eigenvalue weighted by molar-refractivity contribution is 0.0864. The first kappa shape index (κ1) is 16.5. The minimum absolute atomic E-state index is 0.140. The lowest BCUT2D eigenvalue weighted by Crippen LogP contribution is -2.52. The van der Waals surface area contributed by atoms with Crippen LogP contribution in [0.15, 0.2) is 18.2 Å². The monoisotopic (exact) mass is 288 g/mol. The summed E-state index contributed by atoms with van der Waals surface area (Å²) in [6.45, 7) is 11.7. The van der Waals surface area contributed by atoms with E-state index in [1.165, 1.54) is 55.5 Å². The average Bonchev–Trinajstić information content (AvgIpc) is 2.73. The van der Waals surface area contributed by atoms with Gasteiger partial charge < -0.3 is 5.32 Å². The maximum absolute atomic E-state index is 3.58. The van der Waals surface area contributed by atoms with Crippen molar-refractivity contribution in [1.82, 2.24) is 10.2 Å². The number of rotatable bonds is 4. The van der Waals surface area contributed by atoms with Gasteiger partial charge in [-0.1, -0.05) is 31.0 Å². The first-order valence-electron chi connectivity index (χ1n) is 8.46. The van der Waals surface area contributed by atoms with Crippen LogP contribution in [0.25, 0.3) is 0 Å². The van der Waals surface area contributed by atoms with E-state index in [2.05, 4.69) is 63.2 Å². The van der Waals surface area contributed by atoms with E-state index in [1.807, 2.05) is 0 Å². The zero-order valence-electron chi connectivity index (χ0n) is 14.5. The van der Waals surface area contributed by atoms with Crippen LogP contribution in [0.1, 0.15) is 62.3 Å². The molecule has 0 saturated carbocycles. The number of aryl methyl sites for hydroxylation is 2. The van der Waals surface area contributed by atoms with E-state index in [4.69, 9.17) is 0 Å². The maximum atomic E-state index is 3.58. The molecular weight excluding hydrogens is 256 g/mol. The number of nitrogens with one attached hydrogen (secondary N) is 1. The van der Waals surface area contributed by atoms with Crippen molar-refractivity contribution in [3.8, 4) is 0 Å². The molecule has 1 fully saturated rings. The summed E-state index contributed by atoms with van der Waals surface area (Å²) in [5, 5.41) is 3.58. The van der Waals surface area contributed by atoms with Gasteiger partial charge in [0, 0.05) is 11.6 Å². The minimum Gasteiger partial charge on any atom is -0.311 e. The lowest BCUT2D eigenvalue weighted by Gasteiger charge is -2.44. The van der Waals surface area contributed by atoms with Crippen LogP contribution in [-0.4, -0.2) is 30.6 Å². The van der Waals surface area contributed by atoms with E-state index < -0.39 is 0 Å². The summed E-state index contributed by atoms with van der Waals surface area (Å²) in [4.78, 5) is 2.69. The van der Waals surface area contributed by atoms with Crippen molar-refractivity contribution in [2.75, 3.05) is 20.1 Å². The van der Waals surface area contributed by atoms with Gasteiger partial charge in [0.05, 0.1) is 0 Å². The van der Waals surface area contributed by atoms with Gasteiger partial charge in [0.1, 0.15) is 0 Å². The summed E-state index contributed by atoms with van der Waals surface area (Å²) >= 11 is 0. The predicted octanol–water partition coefficient (Wildman–Crippen LogP) is 4.22. The van der Waals surface area contributed by atoms with E-state index in [0.29, 0.717) is 6.04 Å². The summed E-state index contributed by atoms with van der Waals surface area (Å²) in [6.07, 6.45) is 5.46. The molecule has 2 rings (SSSR count). The Kier molecular flexibility index (Phi) is 5.45. The quantitative estimate of drug-likeness (QED) is 0.892. The van der Waals surface area contributed by atoms with E-state index in [9.17, 15) is 0 Å². The Balaban J connectivity index is 2.26. The highest BCUT2D eigenvalue weighted by atomic mass is 15.2. The van der Waals surface area contributed by atoms with Gasteiger partial charge in [-0.05, 0) is 77.4 Å². The molecule has 1 aliphatic heterocycles. The highest BCUT2D eigenvalue weighted by molar-refractivity contribution is 5.33. The van der Waals surface area contributed by atoms with Crippen molar-refractivity contribution in [3.63, 3.8) is 0 Å². The standard InChI is InChI=1S/C19H32N2/c1-15-10-11-17(14-16(15)2)18(20-5)19(3,4)21-12-8-6-7-9-13-21/h10-11,14,18,20H,6-9,12-13H2,1-5H3. The Bertz CT molecular complexity index is 457. The van der Waals surface area contributed by atoms with Crippen LogP contribution in [0.3, 0.4) is 0 Å². The van der Waals surface area contributed by atoms with Crippen molar-refractivity contribution in [2.24, 2.45) is 0 Å². The molecule has 21 heavy (non-hydrogen) atoms. The van der Waals surface area contributed by atoms with E-state index in [0.717, 1.165) is 0 Å². The molecule has 0 aliphatic carbocycles. The van der Waals surface area contributed by atoms with E-state index in [1.54, 1.807) is 0 Å². The molecule has 1 aliphatic rings. The molecule has 1 atom stereocenters. The van der Waals surface area contributed by atoms with Crippen LogP contribution < -0.4 is 5.32 Å². The van der Waals surface area contributed by atoms with Crippen LogP contribution in [-0.2, 0) is 0 Å². The molecular formula is C19H32N2. The molecule has 1 N–H and O–H groups in total. The molecule has 1 saturated heterocycles. The number of benzene rings is 1. The van der Waals surface area contributed by atoms with Gasteiger partial charge in [-0.15, -0.1) is 0 Å². The molecule has 1 unspecified atom stereocenters. The Hall–Kier alpha value is -0.860. The summed E-state index contributed by atoms with van der Waals surface area (Å²) < 4.78 is 0. The first-order valence-corrected chi connectivity index (χ1v) is 8.46. The maximum Gasteiger partial charge on any atom is 0.0499 e. The van der Waals surface area contributed by atoms with Crippen LogP contribution >= 0.6 is 0 Å². The molecule has 0 amide bonds. The van der Waals surface area contributed by atoms with Crippen LogP contribution in [0, 0.1) is 13.8 Å². The summed E-state index contributed by atoms with van der Waals surface area (Å²) in [5.41, 5.74) is 4.32. The zero-order chi connectivity index (χ0) is 15.5. The van der Waals surface area contributed by atoms with Crippen molar-refractivity contribution < 1.29 is 0 Å². The fourth-order valence-corrected chi connectivity index (χ4v) is 3.70. The van der Waals surface area contributed by atoms with Gasteiger partial charge in [0.15, 0.2) is 0 Å². The highest BCUT2D eigenvalue weighted by Gasteiger charge is 2.35. The normalized spacial score (nSPS) is 19.3. The number of hydrogen-bond donors (Lipinski definition) is 1. The van der Waals surface area contributed by atoms with Crippen molar-refractivity contribution >= 4 is 0 Å². The molecule has 1 aromatic carbocycles. The average molecular weight is 288 g/mol. The smallest absolute Gasteiger partial charge is 0.0499 e. The molecule has 2 heteroatoms. The van der Waals surface area contributed by atoms with Crippen molar-refractivity contribution in [2.45, 2.75) is 65.0 Å². The van der Waals surface area contributed by atoms with Crippen LogP contribution in [0.2, 0.25) is 0 Å². The largest absolute Gasteiger partial charge is 0.311 e. The Morgan fingerprint density at radius 3 is 2.14 bits per heavy atom. The van der Waals surface area contributed by atoms with Crippen LogP contribution in [0.4, 0.5) is 0 Å².